The summed E-state index contributed by atoms with van der Waals surface area (Å²) >= 11 is 12.0. The van der Waals surface area contributed by atoms with Gasteiger partial charge in [-0.25, -0.2) is 14.4 Å². The van der Waals surface area contributed by atoms with Crippen LogP contribution in [0, 0.1) is 5.82 Å². The van der Waals surface area contributed by atoms with Crippen molar-refractivity contribution >= 4 is 51.5 Å². The number of halogens is 3. The number of piperidine rings is 1. The van der Waals surface area contributed by atoms with E-state index in [-0.39, 0.29) is 39.9 Å². The molecule has 2 saturated heterocycles. The Labute approximate surface area is 236 Å². The smallest absolute Gasteiger partial charge is 0.246 e. The van der Waals surface area contributed by atoms with Gasteiger partial charge in [-0.1, -0.05) is 36.7 Å². The monoisotopic (exact) mass is 574 g/mol. The van der Waals surface area contributed by atoms with Crippen LogP contribution in [0.5, 0.6) is 11.5 Å². The molecule has 3 heterocycles. The number of likely N-dealkylation sites (tertiary alicyclic amines) is 1. The van der Waals surface area contributed by atoms with Crippen molar-refractivity contribution in [2.75, 3.05) is 25.1 Å². The zero-order valence-corrected chi connectivity index (χ0v) is 23.0. The molecule has 0 saturated carbocycles. The van der Waals surface area contributed by atoms with Crippen LogP contribution in [0.4, 0.5) is 15.9 Å². The number of carbonyl (C=O) groups is 1. The molecule has 0 unspecified atom stereocenters. The van der Waals surface area contributed by atoms with E-state index in [0.29, 0.717) is 60.8 Å². The highest BCUT2D eigenvalue weighted by Crippen LogP contribution is 2.39. The zero-order valence-electron chi connectivity index (χ0n) is 21.5. The minimum absolute atomic E-state index is 0.0421. The number of hydrogen-bond donors (Lipinski definition) is 1. The van der Waals surface area contributed by atoms with Crippen molar-refractivity contribution in [3.05, 3.63) is 59.1 Å². The van der Waals surface area contributed by atoms with Crippen LogP contribution in [0.15, 0.2) is 43.2 Å². The third kappa shape index (κ3) is 5.90. The minimum Gasteiger partial charge on any atom is -0.486 e. The first-order valence-electron chi connectivity index (χ1n) is 12.9. The molecule has 8 nitrogen and oxygen atoms in total. The molecule has 0 bridgehead atoms. The molecule has 206 valence electrons. The number of benzene rings is 2. The van der Waals surface area contributed by atoms with Crippen molar-refractivity contribution in [3.63, 3.8) is 0 Å². The molecule has 39 heavy (non-hydrogen) atoms. The quantitative estimate of drug-likeness (QED) is 0.249. The van der Waals surface area contributed by atoms with Crippen LogP contribution >= 0.6 is 23.2 Å². The van der Waals surface area contributed by atoms with E-state index in [1.165, 1.54) is 24.5 Å². The van der Waals surface area contributed by atoms with Crippen molar-refractivity contribution in [1.82, 2.24) is 14.9 Å². The summed E-state index contributed by atoms with van der Waals surface area (Å²) in [5.41, 5.74) is 0.715. The van der Waals surface area contributed by atoms with E-state index in [1.807, 2.05) is 4.90 Å². The van der Waals surface area contributed by atoms with Crippen LogP contribution in [0.1, 0.15) is 32.6 Å². The van der Waals surface area contributed by atoms with Crippen LogP contribution in [-0.2, 0) is 9.53 Å². The second-order valence-electron chi connectivity index (χ2n) is 9.55. The van der Waals surface area contributed by atoms with Gasteiger partial charge >= 0.3 is 0 Å². The van der Waals surface area contributed by atoms with Crippen molar-refractivity contribution in [2.45, 2.75) is 50.9 Å². The summed E-state index contributed by atoms with van der Waals surface area (Å²) in [6, 6.07) is 6.65. The minimum atomic E-state index is -0.681. The summed E-state index contributed by atoms with van der Waals surface area (Å²) in [6.07, 6.45) is 5.40. The Hall–Kier alpha value is -3.14. The molecule has 0 radical (unpaired) electrons. The van der Waals surface area contributed by atoms with Gasteiger partial charge in [0.2, 0.25) is 5.91 Å². The van der Waals surface area contributed by atoms with Gasteiger partial charge in [0.15, 0.2) is 17.3 Å². The Balaban J connectivity index is 1.48. The highest BCUT2D eigenvalue weighted by molar-refractivity contribution is 6.42. The lowest BCUT2D eigenvalue weighted by atomic mass is 9.97. The molecule has 2 aliphatic heterocycles. The Morgan fingerprint density at radius 3 is 2.77 bits per heavy atom. The lowest BCUT2D eigenvalue weighted by molar-refractivity contribution is -0.131. The van der Waals surface area contributed by atoms with E-state index < -0.39 is 5.82 Å². The average Bonchev–Trinajstić information content (AvgIpc) is 3.46. The Morgan fingerprint density at radius 2 is 2.03 bits per heavy atom. The van der Waals surface area contributed by atoms with Crippen LogP contribution in [0.2, 0.25) is 10.0 Å². The number of hydrogen-bond acceptors (Lipinski definition) is 7. The third-order valence-corrected chi connectivity index (χ3v) is 7.84. The van der Waals surface area contributed by atoms with Crippen LogP contribution < -0.4 is 14.8 Å². The Bertz CT molecular complexity index is 1390. The normalized spacial score (nSPS) is 21.1. The molecular weight excluding hydrogens is 546 g/mol. The molecule has 1 aromatic heterocycles. The maximum absolute atomic E-state index is 14.8. The molecule has 0 aliphatic carbocycles. The molecule has 2 aromatic carbocycles. The zero-order chi connectivity index (χ0) is 27.5. The molecular formula is C28H29Cl2FN4O4. The van der Waals surface area contributed by atoms with Crippen molar-refractivity contribution in [3.8, 4) is 11.5 Å². The van der Waals surface area contributed by atoms with Crippen LogP contribution in [0.3, 0.4) is 0 Å². The highest BCUT2D eigenvalue weighted by Gasteiger charge is 2.31. The average molecular weight is 575 g/mol. The van der Waals surface area contributed by atoms with Gasteiger partial charge in [-0.3, -0.25) is 4.79 Å². The molecule has 0 spiro atoms. The van der Waals surface area contributed by atoms with E-state index in [0.717, 1.165) is 12.8 Å². The van der Waals surface area contributed by atoms with Crippen molar-refractivity contribution < 1.29 is 23.4 Å². The van der Waals surface area contributed by atoms with Crippen molar-refractivity contribution in [2.24, 2.45) is 0 Å². The molecule has 3 atom stereocenters. The van der Waals surface area contributed by atoms with Gasteiger partial charge in [0.1, 0.15) is 24.4 Å². The van der Waals surface area contributed by atoms with E-state index in [9.17, 15) is 9.18 Å². The number of nitrogens with one attached hydrogen (secondary N) is 1. The lowest BCUT2D eigenvalue weighted by Gasteiger charge is -2.38. The topological polar surface area (TPSA) is 85.8 Å². The van der Waals surface area contributed by atoms with E-state index in [2.05, 4.69) is 28.8 Å². The molecule has 2 fully saturated rings. The van der Waals surface area contributed by atoms with Gasteiger partial charge in [0, 0.05) is 43.3 Å². The predicted octanol–water partition coefficient (Wildman–Crippen LogP) is 6.32. The molecule has 11 heteroatoms. The van der Waals surface area contributed by atoms with E-state index >= 15 is 0 Å². The van der Waals surface area contributed by atoms with E-state index in [4.69, 9.17) is 37.4 Å². The number of carbonyl (C=O) groups excluding carboxylic acids is 1. The molecule has 3 aromatic rings. The molecule has 2 aliphatic rings. The highest BCUT2D eigenvalue weighted by atomic mass is 35.5. The molecule has 1 amide bonds. The fraction of sp³-hybridized carbons (Fsp3) is 0.393. The van der Waals surface area contributed by atoms with Gasteiger partial charge in [-0.15, -0.1) is 0 Å². The largest absolute Gasteiger partial charge is 0.486 e. The van der Waals surface area contributed by atoms with Gasteiger partial charge in [-0.2, -0.15) is 0 Å². The number of ether oxygens (including phenoxy) is 3. The number of nitrogens with zero attached hydrogens (tertiary/aromatic N) is 3. The Morgan fingerprint density at radius 1 is 1.23 bits per heavy atom. The number of rotatable bonds is 8. The standard InChI is InChI=1S/C28H29Cl2FN4O4/c1-3-16-11-17(7-9-35(16)25(36)4-2)38-23-12-19-22(13-24(23)39-18-8-10-37-14-18)32-15-33-28(19)34-21-6-5-20(29)26(30)27(21)31/h4-6,12-13,15-18H,2-3,7-11,14H2,1H3,(H,32,33,34)/t16-,17+,18+/m1/s1. The van der Waals surface area contributed by atoms with Crippen LogP contribution in [-0.4, -0.2) is 58.8 Å². The van der Waals surface area contributed by atoms with Crippen molar-refractivity contribution in [1.29, 1.82) is 0 Å². The first kappa shape index (κ1) is 27.4. The fourth-order valence-electron chi connectivity index (χ4n) is 4.98. The van der Waals surface area contributed by atoms with Crippen LogP contribution in [0.25, 0.3) is 10.9 Å². The summed E-state index contributed by atoms with van der Waals surface area (Å²) in [6.45, 7) is 7.38. The summed E-state index contributed by atoms with van der Waals surface area (Å²) < 4.78 is 33.1. The van der Waals surface area contributed by atoms with Gasteiger partial charge in [0.25, 0.3) is 0 Å². The van der Waals surface area contributed by atoms with Gasteiger partial charge in [-0.05, 0) is 30.7 Å². The van der Waals surface area contributed by atoms with E-state index in [1.54, 1.807) is 12.1 Å². The summed E-state index contributed by atoms with van der Waals surface area (Å²) in [7, 11) is 0. The number of amides is 1. The third-order valence-electron chi connectivity index (χ3n) is 7.06. The first-order chi connectivity index (χ1) is 18.9. The molecule has 5 rings (SSSR count). The maximum Gasteiger partial charge on any atom is 0.246 e. The fourth-order valence-corrected chi connectivity index (χ4v) is 5.29. The predicted molar refractivity (Wildman–Crippen MR) is 149 cm³/mol. The molecule has 1 N–H and O–H groups in total. The summed E-state index contributed by atoms with van der Waals surface area (Å²) in [4.78, 5) is 22.9. The lowest BCUT2D eigenvalue weighted by Crippen LogP contribution is -2.48. The Kier molecular flexibility index (Phi) is 8.40. The maximum atomic E-state index is 14.8. The SMILES string of the molecule is C=CC(=O)N1CC[C@H](Oc2cc3c(Nc4ccc(Cl)c(Cl)c4F)ncnc3cc2O[C@H]2CCOC2)C[C@H]1CC. The summed E-state index contributed by atoms with van der Waals surface area (Å²) in [5.74, 6) is 0.681. The summed E-state index contributed by atoms with van der Waals surface area (Å²) in [5, 5.41) is 3.56. The number of anilines is 2. The second-order valence-corrected chi connectivity index (χ2v) is 10.3. The van der Waals surface area contributed by atoms with Gasteiger partial charge in [0.05, 0.1) is 34.5 Å². The number of fused-ring (bicyclic) bond motifs is 1. The first-order valence-corrected chi connectivity index (χ1v) is 13.7. The number of aromatic nitrogens is 2. The second kappa shape index (κ2) is 11.9. The van der Waals surface area contributed by atoms with Gasteiger partial charge < -0.3 is 24.4 Å².